The van der Waals surface area contributed by atoms with Gasteiger partial charge in [-0.2, -0.15) is 0 Å². The topological polar surface area (TPSA) is 70.7 Å². The van der Waals surface area contributed by atoms with Crippen LogP contribution in [0.3, 0.4) is 0 Å². The monoisotopic (exact) mass is 524 g/mol. The maximum absolute atomic E-state index is 13.0. The Bertz CT molecular complexity index is 1450. The van der Waals surface area contributed by atoms with Crippen molar-refractivity contribution in [2.45, 2.75) is 38.1 Å². The molecule has 1 amide bonds. The summed E-state index contributed by atoms with van der Waals surface area (Å²) in [6.45, 7) is 8.09. The molecule has 0 radical (unpaired) electrons. The Kier molecular flexibility index (Phi) is 7.26. The molecule has 0 spiro atoms. The van der Waals surface area contributed by atoms with Crippen LogP contribution >= 0.6 is 23.1 Å². The van der Waals surface area contributed by atoms with E-state index in [0.717, 1.165) is 33.8 Å². The van der Waals surface area contributed by atoms with E-state index >= 15 is 0 Å². The Morgan fingerprint density at radius 2 is 1.35 bits per heavy atom. The van der Waals surface area contributed by atoms with Gasteiger partial charge in [-0.1, -0.05) is 101 Å². The van der Waals surface area contributed by atoms with E-state index in [1.54, 1.807) is 0 Å². The van der Waals surface area contributed by atoms with Gasteiger partial charge in [0.05, 0.1) is 22.3 Å². The summed E-state index contributed by atoms with van der Waals surface area (Å²) >= 11 is 2.83. The van der Waals surface area contributed by atoms with Crippen molar-refractivity contribution in [1.29, 1.82) is 0 Å². The molecule has 0 aliphatic heterocycles. The molecule has 2 N–H and O–H groups in total. The lowest BCUT2D eigenvalue weighted by Gasteiger charge is -2.08. The van der Waals surface area contributed by atoms with Crippen molar-refractivity contribution in [2.75, 3.05) is 5.32 Å². The van der Waals surface area contributed by atoms with Crippen molar-refractivity contribution in [3.63, 3.8) is 0 Å². The highest BCUT2D eigenvalue weighted by Crippen LogP contribution is 2.34. The Balaban J connectivity index is 1.34. The van der Waals surface area contributed by atoms with Gasteiger partial charge in [0, 0.05) is 22.1 Å². The molecular weight excluding hydrogens is 496 g/mol. The minimum Gasteiger partial charge on any atom is -0.332 e. The number of aromatic nitrogens is 3. The van der Waals surface area contributed by atoms with Crippen LogP contribution in [0.25, 0.3) is 33.8 Å². The predicted octanol–water partition coefficient (Wildman–Crippen LogP) is 7.91. The number of carbonyl (C=O) groups excluding carboxylic acids is 1. The number of amides is 1. The summed E-state index contributed by atoms with van der Waals surface area (Å²) in [4.78, 5) is 26.0. The zero-order chi connectivity index (χ0) is 25.9. The van der Waals surface area contributed by atoms with E-state index in [0.29, 0.717) is 10.3 Å². The number of thiazole rings is 1. The van der Waals surface area contributed by atoms with Crippen molar-refractivity contribution in [3.05, 3.63) is 94.9 Å². The maximum Gasteiger partial charge on any atom is 0.239 e. The summed E-state index contributed by atoms with van der Waals surface area (Å²) in [6, 6.07) is 24.9. The molecule has 5 nitrogen and oxygen atoms in total. The van der Waals surface area contributed by atoms with Crippen molar-refractivity contribution in [1.82, 2.24) is 15.0 Å². The van der Waals surface area contributed by atoms with E-state index in [2.05, 4.69) is 96.7 Å². The molecular formula is C30H28N4OS2. The number of thioether (sulfide) groups is 1. The normalized spacial score (nSPS) is 11.9. The highest BCUT2D eigenvalue weighted by Gasteiger charge is 2.21. The van der Waals surface area contributed by atoms with Gasteiger partial charge in [0.25, 0.3) is 0 Å². The van der Waals surface area contributed by atoms with Crippen LogP contribution < -0.4 is 5.32 Å². The number of nitrogens with one attached hydrogen (secondary N) is 2. The number of nitrogens with zero attached hydrogens (tertiary/aromatic N) is 2. The standard InChI is InChI=1S/C30H28N4OS2/c1-18-5-11-22(12-6-18)25-17-36-29(31-25)34-28(35)21(4)37-30-32-26(23-13-7-19(2)8-14-23)27(33-30)24-15-9-20(3)10-16-24/h5-17,21H,1-4H3,(H,32,33)(H,31,34,35). The summed E-state index contributed by atoms with van der Waals surface area (Å²) in [5.41, 5.74) is 9.41. The summed E-state index contributed by atoms with van der Waals surface area (Å²) in [7, 11) is 0. The fourth-order valence-corrected chi connectivity index (χ4v) is 5.40. The van der Waals surface area contributed by atoms with Crippen LogP contribution in [0.4, 0.5) is 5.13 Å². The van der Waals surface area contributed by atoms with Gasteiger partial charge in [0.1, 0.15) is 0 Å². The molecule has 5 rings (SSSR count). The fraction of sp³-hybridized carbons (Fsp3) is 0.167. The van der Waals surface area contributed by atoms with Crippen molar-refractivity contribution >= 4 is 34.1 Å². The van der Waals surface area contributed by atoms with Gasteiger partial charge in [-0.25, -0.2) is 9.97 Å². The lowest BCUT2D eigenvalue weighted by molar-refractivity contribution is -0.115. The Morgan fingerprint density at radius 3 is 1.95 bits per heavy atom. The molecule has 1 unspecified atom stereocenters. The second kappa shape index (κ2) is 10.7. The van der Waals surface area contributed by atoms with Crippen LogP contribution in [0.2, 0.25) is 0 Å². The van der Waals surface area contributed by atoms with Crippen molar-refractivity contribution < 1.29 is 4.79 Å². The molecule has 0 saturated carbocycles. The molecule has 2 aromatic heterocycles. The number of anilines is 1. The lowest BCUT2D eigenvalue weighted by atomic mass is 10.0. The molecule has 0 aliphatic carbocycles. The highest BCUT2D eigenvalue weighted by atomic mass is 32.2. The first kappa shape index (κ1) is 25.0. The fourth-order valence-electron chi connectivity index (χ4n) is 3.87. The summed E-state index contributed by atoms with van der Waals surface area (Å²) < 4.78 is 0. The molecule has 3 aromatic carbocycles. The van der Waals surface area contributed by atoms with Crippen molar-refractivity contribution in [3.8, 4) is 33.8 Å². The second-order valence-electron chi connectivity index (χ2n) is 9.15. The molecule has 0 saturated heterocycles. The molecule has 0 bridgehead atoms. The number of carbonyl (C=O) groups is 1. The average molecular weight is 525 g/mol. The lowest BCUT2D eigenvalue weighted by Crippen LogP contribution is -2.22. The van der Waals surface area contributed by atoms with Gasteiger partial charge >= 0.3 is 0 Å². The van der Waals surface area contributed by atoms with Gasteiger partial charge in [0.15, 0.2) is 10.3 Å². The Labute approximate surface area is 225 Å². The number of hydrogen-bond acceptors (Lipinski definition) is 5. The number of rotatable bonds is 7. The zero-order valence-electron chi connectivity index (χ0n) is 21.2. The molecule has 0 aliphatic rings. The van der Waals surface area contributed by atoms with Crippen LogP contribution in [-0.4, -0.2) is 26.1 Å². The number of H-pyrrole nitrogens is 1. The SMILES string of the molecule is Cc1ccc(-c2csc(NC(=O)C(C)Sc3nc(-c4ccc(C)cc4)c(-c4ccc(C)cc4)[nH]3)n2)cc1. The third kappa shape index (κ3) is 5.84. The van der Waals surface area contributed by atoms with Crippen LogP contribution in [0.1, 0.15) is 23.6 Å². The average Bonchev–Trinajstić information content (AvgIpc) is 3.53. The van der Waals surface area contributed by atoms with Crippen LogP contribution in [0.15, 0.2) is 83.3 Å². The first-order chi connectivity index (χ1) is 17.9. The Hall–Kier alpha value is -3.68. The smallest absolute Gasteiger partial charge is 0.239 e. The highest BCUT2D eigenvalue weighted by molar-refractivity contribution is 8.00. The van der Waals surface area contributed by atoms with Crippen LogP contribution in [-0.2, 0) is 4.79 Å². The number of benzene rings is 3. The van der Waals surface area contributed by atoms with Crippen LogP contribution in [0.5, 0.6) is 0 Å². The second-order valence-corrected chi connectivity index (χ2v) is 11.3. The van der Waals surface area contributed by atoms with E-state index < -0.39 is 0 Å². The molecule has 5 aromatic rings. The number of aryl methyl sites for hydroxylation is 3. The van der Waals surface area contributed by atoms with Gasteiger partial charge in [-0.05, 0) is 27.7 Å². The molecule has 2 heterocycles. The van der Waals surface area contributed by atoms with E-state index in [-0.39, 0.29) is 11.2 Å². The molecule has 37 heavy (non-hydrogen) atoms. The molecule has 1 atom stereocenters. The predicted molar refractivity (Wildman–Crippen MR) is 155 cm³/mol. The summed E-state index contributed by atoms with van der Waals surface area (Å²) in [6.07, 6.45) is 0. The van der Waals surface area contributed by atoms with Gasteiger partial charge < -0.3 is 10.3 Å². The van der Waals surface area contributed by atoms with Gasteiger partial charge in [-0.15, -0.1) is 11.3 Å². The third-order valence-corrected chi connectivity index (χ3v) is 7.83. The summed E-state index contributed by atoms with van der Waals surface area (Å²) in [5.74, 6) is -0.111. The summed E-state index contributed by atoms with van der Waals surface area (Å²) in [5, 5.41) is 5.86. The minimum absolute atomic E-state index is 0.111. The quantitative estimate of drug-likeness (QED) is 0.212. The van der Waals surface area contributed by atoms with Crippen LogP contribution in [0, 0.1) is 20.8 Å². The Morgan fingerprint density at radius 1 is 0.811 bits per heavy atom. The largest absolute Gasteiger partial charge is 0.332 e. The maximum atomic E-state index is 13.0. The van der Waals surface area contributed by atoms with Crippen molar-refractivity contribution in [2.24, 2.45) is 0 Å². The third-order valence-electron chi connectivity index (χ3n) is 6.09. The first-order valence-corrected chi connectivity index (χ1v) is 13.9. The van der Waals surface area contributed by atoms with E-state index in [1.165, 1.54) is 39.8 Å². The number of imidazole rings is 1. The first-order valence-electron chi connectivity index (χ1n) is 12.1. The molecule has 7 heteroatoms. The molecule has 0 fully saturated rings. The number of aromatic amines is 1. The van der Waals surface area contributed by atoms with E-state index in [1.807, 2.05) is 24.4 Å². The van der Waals surface area contributed by atoms with Gasteiger partial charge in [0.2, 0.25) is 5.91 Å². The molecule has 186 valence electrons. The van der Waals surface area contributed by atoms with Gasteiger partial charge in [-0.3, -0.25) is 4.79 Å². The van der Waals surface area contributed by atoms with E-state index in [4.69, 9.17) is 4.98 Å². The number of hydrogen-bond donors (Lipinski definition) is 2. The minimum atomic E-state index is -0.366. The zero-order valence-corrected chi connectivity index (χ0v) is 22.8. The van der Waals surface area contributed by atoms with E-state index in [9.17, 15) is 4.79 Å².